The molecule has 0 radical (unpaired) electrons. The average Bonchev–Trinajstić information content (AvgIpc) is 3.39. The van der Waals surface area contributed by atoms with Gasteiger partial charge in [0, 0.05) is 30.4 Å². The molecule has 1 aliphatic heterocycles. The number of hydrogen-bond acceptors (Lipinski definition) is 4. The topological polar surface area (TPSA) is 97.3 Å². The first kappa shape index (κ1) is 23.5. The number of likely N-dealkylation sites (tertiary alicyclic amines) is 1. The predicted octanol–water partition coefficient (Wildman–Crippen LogP) is 3.72. The van der Waals surface area contributed by atoms with Crippen LogP contribution < -0.4 is 0 Å². The van der Waals surface area contributed by atoms with Gasteiger partial charge in [-0.05, 0) is 48.4 Å². The van der Waals surface area contributed by atoms with E-state index >= 15 is 0 Å². The van der Waals surface area contributed by atoms with Gasteiger partial charge in [-0.2, -0.15) is 5.26 Å². The number of nitrogens with one attached hydrogen (secondary N) is 1. The van der Waals surface area contributed by atoms with E-state index in [4.69, 9.17) is 0 Å². The number of fused-ring (bicyclic) bond motifs is 1. The summed E-state index contributed by atoms with van der Waals surface area (Å²) >= 11 is 0. The number of benzene rings is 1. The number of likely N-dealkylation sites (N-methyl/N-ethyl adjacent to an activating group) is 1. The van der Waals surface area contributed by atoms with E-state index in [1.165, 1.54) is 15.4 Å². The van der Waals surface area contributed by atoms with Crippen molar-refractivity contribution in [2.75, 3.05) is 13.6 Å². The van der Waals surface area contributed by atoms with Crippen LogP contribution in [0.3, 0.4) is 0 Å². The highest BCUT2D eigenvalue weighted by Crippen LogP contribution is 2.26. The normalized spacial score (nSPS) is 19.4. The molecule has 0 spiro atoms. The monoisotopic (exact) mass is 436 g/mol. The molecule has 2 aromatic rings. The van der Waals surface area contributed by atoms with Gasteiger partial charge in [0.2, 0.25) is 5.91 Å². The number of hydrogen-bond donors (Lipinski definition) is 1. The van der Waals surface area contributed by atoms with Crippen LogP contribution in [0, 0.1) is 23.2 Å². The molecule has 7 heteroatoms. The molecule has 1 saturated heterocycles. The van der Waals surface area contributed by atoms with Gasteiger partial charge in [-0.3, -0.25) is 9.59 Å². The fourth-order valence-corrected chi connectivity index (χ4v) is 4.35. The summed E-state index contributed by atoms with van der Waals surface area (Å²) in [5, 5.41) is 10.4. The van der Waals surface area contributed by atoms with Crippen molar-refractivity contribution < 1.29 is 14.4 Å². The van der Waals surface area contributed by atoms with Crippen molar-refractivity contribution in [2.24, 2.45) is 11.8 Å². The van der Waals surface area contributed by atoms with E-state index in [9.17, 15) is 19.6 Å². The molecule has 170 valence electrons. The van der Waals surface area contributed by atoms with Crippen molar-refractivity contribution in [1.82, 2.24) is 14.8 Å². The van der Waals surface area contributed by atoms with Crippen LogP contribution in [0.4, 0.5) is 0 Å². The van der Waals surface area contributed by atoms with E-state index in [1.54, 1.807) is 7.05 Å². The van der Waals surface area contributed by atoms with E-state index in [0.717, 1.165) is 17.2 Å². The largest absolute Gasteiger partial charge is 0.351 e. The molecule has 2 heterocycles. The van der Waals surface area contributed by atoms with Crippen molar-refractivity contribution in [2.45, 2.75) is 58.5 Å². The van der Waals surface area contributed by atoms with E-state index < -0.39 is 12.1 Å². The third-order valence-electron chi connectivity index (χ3n) is 6.27. The number of rotatable bonds is 7. The Hall–Kier alpha value is -3.14. The van der Waals surface area contributed by atoms with Crippen molar-refractivity contribution >= 4 is 29.0 Å². The zero-order chi connectivity index (χ0) is 23.6. The maximum atomic E-state index is 13.4. The maximum Gasteiger partial charge on any atom is 0.270 e. The minimum atomic E-state index is -0.707. The summed E-state index contributed by atoms with van der Waals surface area (Å²) in [6.45, 7) is 8.46. The first-order chi connectivity index (χ1) is 15.2. The van der Waals surface area contributed by atoms with Crippen LogP contribution in [-0.4, -0.2) is 58.6 Å². The summed E-state index contributed by atoms with van der Waals surface area (Å²) in [4.78, 5) is 44.2. The fourth-order valence-electron chi connectivity index (χ4n) is 4.35. The average molecular weight is 437 g/mol. The Morgan fingerprint density at radius 1 is 1.28 bits per heavy atom. The van der Waals surface area contributed by atoms with Gasteiger partial charge in [0.1, 0.15) is 24.1 Å². The van der Waals surface area contributed by atoms with Crippen molar-refractivity contribution in [1.29, 1.82) is 5.26 Å². The summed E-state index contributed by atoms with van der Waals surface area (Å²) < 4.78 is 0. The smallest absolute Gasteiger partial charge is 0.270 e. The third-order valence-corrected chi connectivity index (χ3v) is 6.27. The molecule has 1 aromatic carbocycles. The summed E-state index contributed by atoms with van der Waals surface area (Å²) in [6.07, 6.45) is 1.62. The molecule has 0 bridgehead atoms. The number of aromatic amines is 1. The molecule has 1 aromatic heterocycles. The van der Waals surface area contributed by atoms with Gasteiger partial charge in [0.25, 0.3) is 5.91 Å². The highest BCUT2D eigenvalue weighted by molar-refractivity contribution is 6.00. The van der Waals surface area contributed by atoms with Gasteiger partial charge in [-0.25, -0.2) is 0 Å². The van der Waals surface area contributed by atoms with E-state index in [1.807, 2.05) is 32.0 Å². The number of H-pyrrole nitrogens is 1. The number of aromatic nitrogens is 1. The Morgan fingerprint density at radius 3 is 2.59 bits per heavy atom. The molecule has 32 heavy (non-hydrogen) atoms. The lowest BCUT2D eigenvalue weighted by Crippen LogP contribution is -2.51. The van der Waals surface area contributed by atoms with Gasteiger partial charge in [-0.1, -0.05) is 33.8 Å². The second kappa shape index (κ2) is 9.56. The van der Waals surface area contributed by atoms with Gasteiger partial charge >= 0.3 is 0 Å². The first-order valence-corrected chi connectivity index (χ1v) is 11.2. The summed E-state index contributed by atoms with van der Waals surface area (Å²) in [7, 11) is 1.63. The number of carbonyl (C=O) groups is 3. The standard InChI is InChI=1S/C25H32N4O3/c1-15(2)8-23(25(32)29-13-17(14-30)9-20(29)12-26)28(5)24(31)22-11-19-10-18(16(3)4)6-7-21(19)27-22/h6-7,10-11,14-17,20,23,27H,8-9,13H2,1-5H3. The Labute approximate surface area is 189 Å². The van der Waals surface area contributed by atoms with Crippen LogP contribution in [-0.2, 0) is 9.59 Å². The van der Waals surface area contributed by atoms with Gasteiger partial charge in [0.15, 0.2) is 0 Å². The SMILES string of the molecule is CC(C)CC(C(=O)N1CC(C=O)CC1C#N)N(C)C(=O)c1cc2cc(C(C)C)ccc2[nH]1. The molecule has 1 N–H and O–H groups in total. The second-order valence-corrected chi connectivity index (χ2v) is 9.51. The van der Waals surface area contributed by atoms with Gasteiger partial charge in [0.05, 0.1) is 6.07 Å². The minimum Gasteiger partial charge on any atom is -0.351 e. The Bertz CT molecular complexity index is 1050. The van der Waals surface area contributed by atoms with Crippen molar-refractivity contribution in [3.8, 4) is 6.07 Å². The summed E-state index contributed by atoms with van der Waals surface area (Å²) in [6, 6.07) is 8.71. The second-order valence-electron chi connectivity index (χ2n) is 9.51. The zero-order valence-electron chi connectivity index (χ0n) is 19.5. The van der Waals surface area contributed by atoms with E-state index in [2.05, 4.69) is 31.0 Å². The lowest BCUT2D eigenvalue weighted by molar-refractivity contribution is -0.136. The molecule has 2 amide bonds. The molecule has 3 atom stereocenters. The van der Waals surface area contributed by atoms with Crippen LogP contribution in [0.25, 0.3) is 10.9 Å². The van der Waals surface area contributed by atoms with Crippen LogP contribution in [0.5, 0.6) is 0 Å². The third kappa shape index (κ3) is 4.69. The first-order valence-electron chi connectivity index (χ1n) is 11.2. The van der Waals surface area contributed by atoms with Crippen LogP contribution in [0.1, 0.15) is 62.5 Å². The van der Waals surface area contributed by atoms with Gasteiger partial charge < -0.3 is 19.6 Å². The highest BCUT2D eigenvalue weighted by Gasteiger charge is 2.40. The predicted molar refractivity (Wildman–Crippen MR) is 123 cm³/mol. The molecule has 3 rings (SSSR count). The summed E-state index contributed by atoms with van der Waals surface area (Å²) in [5.74, 6) is -0.337. The molecule has 0 saturated carbocycles. The molecule has 0 aliphatic carbocycles. The fraction of sp³-hybridized carbons (Fsp3) is 0.520. The van der Waals surface area contributed by atoms with E-state index in [0.29, 0.717) is 24.5 Å². The summed E-state index contributed by atoms with van der Waals surface area (Å²) in [5.41, 5.74) is 2.49. The molecule has 3 unspecified atom stereocenters. The number of aldehydes is 1. The van der Waals surface area contributed by atoms with Crippen molar-refractivity contribution in [3.05, 3.63) is 35.5 Å². The molecule has 7 nitrogen and oxygen atoms in total. The van der Waals surface area contributed by atoms with Crippen LogP contribution >= 0.6 is 0 Å². The quantitative estimate of drug-likeness (QED) is 0.669. The number of carbonyl (C=O) groups excluding carboxylic acids is 3. The Morgan fingerprint density at radius 2 is 2.00 bits per heavy atom. The lowest BCUT2D eigenvalue weighted by atomic mass is 10.0. The molecular formula is C25H32N4O3. The molecule has 1 fully saturated rings. The number of nitriles is 1. The van der Waals surface area contributed by atoms with Crippen LogP contribution in [0.2, 0.25) is 0 Å². The lowest BCUT2D eigenvalue weighted by Gasteiger charge is -2.32. The van der Waals surface area contributed by atoms with Crippen LogP contribution in [0.15, 0.2) is 24.3 Å². The van der Waals surface area contributed by atoms with Gasteiger partial charge in [-0.15, -0.1) is 0 Å². The highest BCUT2D eigenvalue weighted by atomic mass is 16.2. The maximum absolute atomic E-state index is 13.4. The van der Waals surface area contributed by atoms with Crippen molar-refractivity contribution in [3.63, 3.8) is 0 Å². The zero-order valence-corrected chi connectivity index (χ0v) is 19.5. The number of nitrogens with zero attached hydrogens (tertiary/aromatic N) is 3. The Kier molecular flexibility index (Phi) is 7.02. The molecule has 1 aliphatic rings. The Balaban J connectivity index is 1.88. The van der Waals surface area contributed by atoms with E-state index in [-0.39, 0.29) is 30.2 Å². The molecular weight excluding hydrogens is 404 g/mol. The minimum absolute atomic E-state index is 0.167. The number of amides is 2.